The quantitative estimate of drug-likeness (QED) is 0.851. The highest BCUT2D eigenvalue weighted by Crippen LogP contribution is 2.06. The highest BCUT2D eigenvalue weighted by Gasteiger charge is 2.09. The summed E-state index contributed by atoms with van der Waals surface area (Å²) in [5, 5.41) is 6.76. The molecule has 122 valence electrons. The molecule has 0 fully saturated rings. The van der Waals surface area contributed by atoms with Crippen LogP contribution in [0.1, 0.15) is 35.8 Å². The summed E-state index contributed by atoms with van der Waals surface area (Å²) in [6, 6.07) is 9.21. The number of rotatable bonds is 7. The fourth-order valence-corrected chi connectivity index (χ4v) is 2.14. The van der Waals surface area contributed by atoms with E-state index in [0.717, 1.165) is 12.8 Å². The molecule has 1 heterocycles. The molecule has 23 heavy (non-hydrogen) atoms. The van der Waals surface area contributed by atoms with Crippen LogP contribution in [0, 0.1) is 5.82 Å². The Morgan fingerprint density at radius 1 is 1.26 bits per heavy atom. The lowest BCUT2D eigenvalue weighted by atomic mass is 10.1. The average Bonchev–Trinajstić information content (AvgIpc) is 2.55. The van der Waals surface area contributed by atoms with Gasteiger partial charge in [0.25, 0.3) is 11.5 Å². The van der Waals surface area contributed by atoms with Gasteiger partial charge in [-0.25, -0.2) is 9.07 Å². The molecule has 0 saturated heterocycles. The SMILES string of the molecule is CCCCn1nc(C(=O)NCCc2ccccc2F)ccc1=O. The molecule has 1 N–H and O–H groups in total. The smallest absolute Gasteiger partial charge is 0.271 e. The molecule has 0 saturated carbocycles. The zero-order valence-corrected chi connectivity index (χ0v) is 13.1. The maximum absolute atomic E-state index is 13.5. The van der Waals surface area contributed by atoms with Gasteiger partial charge in [0, 0.05) is 19.2 Å². The molecule has 0 atom stereocenters. The molecule has 0 aliphatic heterocycles. The molecule has 6 heteroatoms. The lowest BCUT2D eigenvalue weighted by Gasteiger charge is -2.08. The average molecular weight is 317 g/mol. The van der Waals surface area contributed by atoms with Crippen LogP contribution in [-0.2, 0) is 13.0 Å². The van der Waals surface area contributed by atoms with Gasteiger partial charge in [0.05, 0.1) is 0 Å². The van der Waals surface area contributed by atoms with E-state index in [-0.39, 0.29) is 23.0 Å². The second kappa shape index (κ2) is 8.22. The zero-order chi connectivity index (χ0) is 16.7. The van der Waals surface area contributed by atoms with Gasteiger partial charge >= 0.3 is 0 Å². The van der Waals surface area contributed by atoms with Gasteiger partial charge < -0.3 is 5.32 Å². The topological polar surface area (TPSA) is 64.0 Å². The summed E-state index contributed by atoms with van der Waals surface area (Å²) in [4.78, 5) is 23.7. The van der Waals surface area contributed by atoms with E-state index < -0.39 is 0 Å². The van der Waals surface area contributed by atoms with Crippen molar-refractivity contribution in [3.05, 3.63) is 63.8 Å². The lowest BCUT2D eigenvalue weighted by Crippen LogP contribution is -2.30. The molecule has 0 spiro atoms. The Hall–Kier alpha value is -2.50. The number of amides is 1. The van der Waals surface area contributed by atoms with Crippen LogP contribution < -0.4 is 10.9 Å². The third-order valence-electron chi connectivity index (χ3n) is 3.46. The van der Waals surface area contributed by atoms with Crippen molar-refractivity contribution in [3.8, 4) is 0 Å². The summed E-state index contributed by atoms with van der Waals surface area (Å²) in [5.41, 5.74) is 0.518. The van der Waals surface area contributed by atoms with Crippen molar-refractivity contribution in [3.63, 3.8) is 0 Å². The van der Waals surface area contributed by atoms with Gasteiger partial charge in [-0.3, -0.25) is 9.59 Å². The standard InChI is InChI=1S/C17H20FN3O2/c1-2-3-12-21-16(22)9-8-15(20-21)17(23)19-11-10-13-6-4-5-7-14(13)18/h4-9H,2-3,10-12H2,1H3,(H,19,23). The maximum Gasteiger partial charge on any atom is 0.271 e. The summed E-state index contributed by atoms with van der Waals surface area (Å²) >= 11 is 0. The molecule has 0 aliphatic rings. The summed E-state index contributed by atoms with van der Waals surface area (Å²) in [6.45, 7) is 2.81. The summed E-state index contributed by atoms with van der Waals surface area (Å²) in [6.07, 6.45) is 2.16. The van der Waals surface area contributed by atoms with E-state index >= 15 is 0 Å². The maximum atomic E-state index is 13.5. The van der Waals surface area contributed by atoms with Crippen molar-refractivity contribution in [1.29, 1.82) is 0 Å². The van der Waals surface area contributed by atoms with Crippen LogP contribution in [0.3, 0.4) is 0 Å². The van der Waals surface area contributed by atoms with Crippen molar-refractivity contribution >= 4 is 5.91 Å². The Morgan fingerprint density at radius 2 is 2.04 bits per heavy atom. The van der Waals surface area contributed by atoms with Crippen LogP contribution in [-0.4, -0.2) is 22.2 Å². The van der Waals surface area contributed by atoms with Gasteiger partial charge in [-0.05, 0) is 30.5 Å². The Labute approximate surface area is 134 Å². The molecule has 0 unspecified atom stereocenters. The molecule has 0 bridgehead atoms. The van der Waals surface area contributed by atoms with Crippen LogP contribution in [0.5, 0.6) is 0 Å². The van der Waals surface area contributed by atoms with Gasteiger partial charge in [-0.1, -0.05) is 31.5 Å². The van der Waals surface area contributed by atoms with E-state index in [1.807, 2.05) is 6.92 Å². The van der Waals surface area contributed by atoms with Crippen molar-refractivity contribution in [2.45, 2.75) is 32.7 Å². The number of hydrogen-bond acceptors (Lipinski definition) is 3. The molecule has 1 amide bonds. The van der Waals surface area contributed by atoms with E-state index in [0.29, 0.717) is 25.1 Å². The van der Waals surface area contributed by atoms with Gasteiger partial charge in [-0.15, -0.1) is 0 Å². The van der Waals surface area contributed by atoms with E-state index in [1.54, 1.807) is 18.2 Å². The third-order valence-corrected chi connectivity index (χ3v) is 3.46. The summed E-state index contributed by atoms with van der Waals surface area (Å²) in [7, 11) is 0. The molecular formula is C17H20FN3O2. The van der Waals surface area contributed by atoms with Crippen LogP contribution >= 0.6 is 0 Å². The Bertz CT molecular complexity index is 728. The van der Waals surface area contributed by atoms with Crippen molar-refractivity contribution in [2.24, 2.45) is 0 Å². The van der Waals surface area contributed by atoms with Gasteiger partial charge in [0.15, 0.2) is 0 Å². The van der Waals surface area contributed by atoms with Crippen molar-refractivity contribution in [1.82, 2.24) is 15.1 Å². The number of carbonyl (C=O) groups is 1. The number of unbranched alkanes of at least 4 members (excludes halogenated alkanes) is 1. The van der Waals surface area contributed by atoms with Gasteiger partial charge in [0.2, 0.25) is 0 Å². The fraction of sp³-hybridized carbons (Fsp3) is 0.353. The highest BCUT2D eigenvalue weighted by atomic mass is 19.1. The zero-order valence-electron chi connectivity index (χ0n) is 13.1. The van der Waals surface area contributed by atoms with Gasteiger partial charge in [-0.2, -0.15) is 5.10 Å². The predicted molar refractivity (Wildman–Crippen MR) is 85.8 cm³/mol. The summed E-state index contributed by atoms with van der Waals surface area (Å²) < 4.78 is 14.8. The van der Waals surface area contributed by atoms with Crippen LogP contribution in [0.4, 0.5) is 4.39 Å². The van der Waals surface area contributed by atoms with Crippen molar-refractivity contribution < 1.29 is 9.18 Å². The molecular weight excluding hydrogens is 297 g/mol. The van der Waals surface area contributed by atoms with E-state index in [2.05, 4.69) is 10.4 Å². The number of halogens is 1. The second-order valence-electron chi connectivity index (χ2n) is 5.23. The Morgan fingerprint density at radius 3 is 2.78 bits per heavy atom. The number of aryl methyl sites for hydroxylation is 1. The monoisotopic (exact) mass is 317 g/mol. The van der Waals surface area contributed by atoms with Crippen LogP contribution in [0.25, 0.3) is 0 Å². The Balaban J connectivity index is 1.95. The molecule has 1 aromatic heterocycles. The lowest BCUT2D eigenvalue weighted by molar-refractivity contribution is 0.0946. The fourth-order valence-electron chi connectivity index (χ4n) is 2.14. The number of carbonyl (C=O) groups excluding carboxylic acids is 1. The minimum absolute atomic E-state index is 0.189. The second-order valence-corrected chi connectivity index (χ2v) is 5.23. The number of hydrogen-bond donors (Lipinski definition) is 1. The van der Waals surface area contributed by atoms with Gasteiger partial charge in [0.1, 0.15) is 11.5 Å². The first kappa shape index (κ1) is 16.9. The third kappa shape index (κ3) is 4.74. The first-order valence-electron chi connectivity index (χ1n) is 7.71. The first-order chi connectivity index (χ1) is 11.1. The normalized spacial score (nSPS) is 10.5. The van der Waals surface area contributed by atoms with Crippen LogP contribution in [0.2, 0.25) is 0 Å². The number of aromatic nitrogens is 2. The molecule has 1 aromatic carbocycles. The summed E-state index contributed by atoms with van der Waals surface area (Å²) in [5.74, 6) is -0.653. The van der Waals surface area contributed by atoms with E-state index in [4.69, 9.17) is 0 Å². The first-order valence-corrected chi connectivity index (χ1v) is 7.71. The minimum Gasteiger partial charge on any atom is -0.350 e. The molecule has 2 aromatic rings. The van der Waals surface area contributed by atoms with Crippen molar-refractivity contribution in [2.75, 3.05) is 6.54 Å². The van der Waals surface area contributed by atoms with Crippen LogP contribution in [0.15, 0.2) is 41.2 Å². The predicted octanol–water partition coefficient (Wildman–Crippen LogP) is 2.16. The molecule has 5 nitrogen and oxygen atoms in total. The number of nitrogens with zero attached hydrogens (tertiary/aromatic N) is 2. The molecule has 0 aliphatic carbocycles. The van der Waals surface area contributed by atoms with E-state index in [1.165, 1.54) is 22.9 Å². The largest absolute Gasteiger partial charge is 0.350 e. The minimum atomic E-state index is -0.369. The molecule has 0 radical (unpaired) electrons. The number of nitrogens with one attached hydrogen (secondary N) is 1. The molecule has 2 rings (SSSR count). The number of benzene rings is 1. The van der Waals surface area contributed by atoms with E-state index in [9.17, 15) is 14.0 Å². The highest BCUT2D eigenvalue weighted by molar-refractivity contribution is 5.91. The Kier molecular flexibility index (Phi) is 6.02.